The van der Waals surface area contributed by atoms with E-state index in [-0.39, 0.29) is 23.9 Å². The Kier molecular flexibility index (Phi) is 6.01. The topological polar surface area (TPSA) is 90.5 Å². The largest absolute Gasteiger partial charge is 0.347 e. The van der Waals surface area contributed by atoms with E-state index < -0.39 is 6.03 Å². The lowest BCUT2D eigenvalue weighted by Crippen LogP contribution is -2.41. The highest BCUT2D eigenvalue weighted by atomic mass is 16.2. The molecule has 0 atom stereocenters. The van der Waals surface area contributed by atoms with Gasteiger partial charge >= 0.3 is 6.03 Å². The van der Waals surface area contributed by atoms with Crippen LogP contribution in [0, 0.1) is 0 Å². The lowest BCUT2D eigenvalue weighted by molar-refractivity contribution is -0.128. The number of benzene rings is 1. The maximum atomic E-state index is 12.2. The molecule has 7 nitrogen and oxygen atoms in total. The first-order valence-corrected chi connectivity index (χ1v) is 8.50. The Morgan fingerprint density at radius 1 is 1.12 bits per heavy atom. The molecule has 25 heavy (non-hydrogen) atoms. The molecule has 0 aromatic heterocycles. The SMILES string of the molecule is CC(C)(C)NC(=O)c1cccc(NC(=O)NCC(=O)N2CCCC2)c1. The summed E-state index contributed by atoms with van der Waals surface area (Å²) in [7, 11) is 0. The van der Waals surface area contributed by atoms with Crippen LogP contribution in [0.2, 0.25) is 0 Å². The highest BCUT2D eigenvalue weighted by molar-refractivity contribution is 5.97. The fourth-order valence-electron chi connectivity index (χ4n) is 2.56. The van der Waals surface area contributed by atoms with Gasteiger partial charge in [0.05, 0.1) is 6.54 Å². The van der Waals surface area contributed by atoms with Gasteiger partial charge in [-0.3, -0.25) is 9.59 Å². The summed E-state index contributed by atoms with van der Waals surface area (Å²) in [6.45, 7) is 7.18. The van der Waals surface area contributed by atoms with E-state index in [2.05, 4.69) is 16.0 Å². The Hall–Kier alpha value is -2.57. The number of nitrogens with one attached hydrogen (secondary N) is 3. The minimum absolute atomic E-state index is 0.0317. The van der Waals surface area contributed by atoms with Crippen molar-refractivity contribution >= 4 is 23.5 Å². The minimum Gasteiger partial charge on any atom is -0.347 e. The van der Waals surface area contributed by atoms with Gasteiger partial charge in [0.2, 0.25) is 5.91 Å². The van der Waals surface area contributed by atoms with E-state index in [9.17, 15) is 14.4 Å². The average molecular weight is 346 g/mol. The number of carbonyl (C=O) groups is 3. The third-order valence-corrected chi connectivity index (χ3v) is 3.73. The third kappa shape index (κ3) is 6.10. The molecule has 0 aliphatic carbocycles. The predicted octanol–water partition coefficient (Wildman–Crippen LogP) is 1.96. The van der Waals surface area contributed by atoms with Crippen molar-refractivity contribution in [3.8, 4) is 0 Å². The van der Waals surface area contributed by atoms with Crippen molar-refractivity contribution in [3.05, 3.63) is 29.8 Å². The van der Waals surface area contributed by atoms with Gasteiger partial charge in [0.1, 0.15) is 0 Å². The van der Waals surface area contributed by atoms with E-state index >= 15 is 0 Å². The van der Waals surface area contributed by atoms with E-state index in [1.54, 1.807) is 29.2 Å². The molecule has 1 aliphatic rings. The first-order chi connectivity index (χ1) is 11.7. The quantitative estimate of drug-likeness (QED) is 0.778. The van der Waals surface area contributed by atoms with Crippen LogP contribution in [0.3, 0.4) is 0 Å². The molecule has 0 bridgehead atoms. The van der Waals surface area contributed by atoms with Gasteiger partial charge in [-0.2, -0.15) is 0 Å². The maximum Gasteiger partial charge on any atom is 0.319 e. The van der Waals surface area contributed by atoms with Crippen LogP contribution < -0.4 is 16.0 Å². The second-order valence-electron chi connectivity index (χ2n) is 7.18. The van der Waals surface area contributed by atoms with Crippen molar-refractivity contribution in [2.45, 2.75) is 39.2 Å². The Labute approximate surface area is 148 Å². The monoisotopic (exact) mass is 346 g/mol. The van der Waals surface area contributed by atoms with E-state index in [0.29, 0.717) is 11.3 Å². The molecular weight excluding hydrogens is 320 g/mol. The molecule has 0 spiro atoms. The van der Waals surface area contributed by atoms with E-state index in [4.69, 9.17) is 0 Å². The zero-order valence-corrected chi connectivity index (χ0v) is 15.0. The molecule has 4 amide bonds. The zero-order chi connectivity index (χ0) is 18.4. The first-order valence-electron chi connectivity index (χ1n) is 8.50. The van der Waals surface area contributed by atoms with Gasteiger partial charge in [-0.1, -0.05) is 6.07 Å². The second kappa shape index (κ2) is 8.00. The van der Waals surface area contributed by atoms with Crippen molar-refractivity contribution in [1.29, 1.82) is 0 Å². The molecule has 1 fully saturated rings. The molecule has 1 aliphatic heterocycles. The number of amides is 4. The molecule has 136 valence electrons. The second-order valence-corrected chi connectivity index (χ2v) is 7.18. The van der Waals surface area contributed by atoms with Crippen LogP contribution in [0.4, 0.5) is 10.5 Å². The Morgan fingerprint density at radius 3 is 2.44 bits per heavy atom. The summed E-state index contributed by atoms with van der Waals surface area (Å²) < 4.78 is 0. The van der Waals surface area contributed by atoms with Crippen LogP contribution in [0.15, 0.2) is 24.3 Å². The van der Waals surface area contributed by atoms with Gasteiger partial charge in [-0.25, -0.2) is 4.79 Å². The highest BCUT2D eigenvalue weighted by Crippen LogP contribution is 2.12. The smallest absolute Gasteiger partial charge is 0.319 e. The van der Waals surface area contributed by atoms with Crippen molar-refractivity contribution < 1.29 is 14.4 Å². The van der Waals surface area contributed by atoms with Crippen LogP contribution in [-0.4, -0.2) is 47.9 Å². The van der Waals surface area contributed by atoms with Crippen LogP contribution in [0.1, 0.15) is 44.0 Å². The number of rotatable bonds is 4. The van der Waals surface area contributed by atoms with Crippen LogP contribution in [0.5, 0.6) is 0 Å². The summed E-state index contributed by atoms with van der Waals surface area (Å²) in [4.78, 5) is 37.8. The molecule has 3 N–H and O–H groups in total. The number of carbonyl (C=O) groups excluding carboxylic acids is 3. The fraction of sp³-hybridized carbons (Fsp3) is 0.500. The van der Waals surface area contributed by atoms with Gasteiger partial charge in [0, 0.05) is 29.9 Å². The number of hydrogen-bond acceptors (Lipinski definition) is 3. The van der Waals surface area contributed by atoms with E-state index in [1.807, 2.05) is 20.8 Å². The van der Waals surface area contributed by atoms with Crippen LogP contribution in [0.25, 0.3) is 0 Å². The zero-order valence-electron chi connectivity index (χ0n) is 15.0. The van der Waals surface area contributed by atoms with E-state index in [0.717, 1.165) is 25.9 Å². The summed E-state index contributed by atoms with van der Waals surface area (Å²) >= 11 is 0. The molecule has 1 aromatic carbocycles. The first kappa shape index (κ1) is 18.8. The van der Waals surface area contributed by atoms with Gasteiger partial charge in [0.25, 0.3) is 5.91 Å². The van der Waals surface area contributed by atoms with Gasteiger partial charge in [0.15, 0.2) is 0 Å². The lowest BCUT2D eigenvalue weighted by Gasteiger charge is -2.20. The van der Waals surface area contributed by atoms with Crippen molar-refractivity contribution in [3.63, 3.8) is 0 Å². The van der Waals surface area contributed by atoms with Crippen molar-refractivity contribution in [1.82, 2.24) is 15.5 Å². The van der Waals surface area contributed by atoms with Crippen LogP contribution >= 0.6 is 0 Å². The molecule has 1 heterocycles. The molecule has 0 unspecified atom stereocenters. The van der Waals surface area contributed by atoms with Crippen molar-refractivity contribution in [2.24, 2.45) is 0 Å². The Bertz CT molecular complexity index is 646. The number of likely N-dealkylation sites (tertiary alicyclic amines) is 1. The van der Waals surface area contributed by atoms with Crippen LogP contribution in [-0.2, 0) is 4.79 Å². The highest BCUT2D eigenvalue weighted by Gasteiger charge is 2.18. The average Bonchev–Trinajstić information content (AvgIpc) is 3.06. The number of hydrogen-bond donors (Lipinski definition) is 3. The number of nitrogens with zero attached hydrogens (tertiary/aromatic N) is 1. The normalized spacial score (nSPS) is 14.1. The summed E-state index contributed by atoms with van der Waals surface area (Å²) in [6.07, 6.45) is 2.03. The molecule has 1 saturated heterocycles. The van der Waals surface area contributed by atoms with Gasteiger partial charge in [-0.15, -0.1) is 0 Å². The summed E-state index contributed by atoms with van der Waals surface area (Å²) in [5, 5.41) is 8.07. The Morgan fingerprint density at radius 2 is 1.80 bits per heavy atom. The van der Waals surface area contributed by atoms with Gasteiger partial charge < -0.3 is 20.9 Å². The fourth-order valence-corrected chi connectivity index (χ4v) is 2.56. The lowest BCUT2D eigenvalue weighted by atomic mass is 10.1. The molecular formula is C18H26N4O3. The standard InChI is InChI=1S/C18H26N4O3/c1-18(2,3)21-16(24)13-7-6-8-14(11-13)20-17(25)19-12-15(23)22-9-4-5-10-22/h6-8,11H,4-5,9-10,12H2,1-3H3,(H,21,24)(H2,19,20,25). The summed E-state index contributed by atoms with van der Waals surface area (Å²) in [6, 6.07) is 6.20. The number of urea groups is 1. The Balaban J connectivity index is 1.87. The van der Waals surface area contributed by atoms with E-state index in [1.165, 1.54) is 0 Å². The molecule has 7 heteroatoms. The third-order valence-electron chi connectivity index (χ3n) is 3.73. The minimum atomic E-state index is -0.471. The molecule has 1 aromatic rings. The predicted molar refractivity (Wildman–Crippen MR) is 96.5 cm³/mol. The number of anilines is 1. The summed E-state index contributed by atoms with van der Waals surface area (Å²) in [5.74, 6) is -0.285. The molecule has 2 rings (SSSR count). The molecule has 0 saturated carbocycles. The molecule has 0 radical (unpaired) electrons. The van der Waals surface area contributed by atoms with Crippen molar-refractivity contribution in [2.75, 3.05) is 25.0 Å². The maximum absolute atomic E-state index is 12.2. The van der Waals surface area contributed by atoms with Gasteiger partial charge in [-0.05, 0) is 51.8 Å². The summed E-state index contributed by atoms with van der Waals surface area (Å²) in [5.41, 5.74) is 0.613.